The first-order valence-corrected chi connectivity index (χ1v) is 4.90. The van der Waals surface area contributed by atoms with Gasteiger partial charge in [0.2, 0.25) is 5.65 Å². The van der Waals surface area contributed by atoms with E-state index in [-0.39, 0.29) is 5.41 Å². The van der Waals surface area contributed by atoms with Crippen LogP contribution in [0, 0.1) is 0 Å². The quantitative estimate of drug-likeness (QED) is 0.715. The van der Waals surface area contributed by atoms with Crippen LogP contribution >= 0.6 is 0 Å². The molecule has 0 fully saturated rings. The average Bonchev–Trinajstić information content (AvgIpc) is 2.59. The second-order valence-electron chi connectivity index (χ2n) is 4.52. The molecule has 0 radical (unpaired) electrons. The lowest BCUT2D eigenvalue weighted by Crippen LogP contribution is -2.14. The van der Waals surface area contributed by atoms with Crippen molar-refractivity contribution in [3.8, 4) is 5.88 Å². The molecular weight excluding hydrogens is 190 g/mol. The molecule has 0 bridgehead atoms. The van der Waals surface area contributed by atoms with E-state index in [1.165, 1.54) is 0 Å². The molecule has 4 nitrogen and oxygen atoms in total. The Balaban J connectivity index is 2.72. The first-order valence-electron chi connectivity index (χ1n) is 4.90. The largest absolute Gasteiger partial charge is 0.478 e. The lowest BCUT2D eigenvalue weighted by atomic mass is 9.93. The van der Waals surface area contributed by atoms with Gasteiger partial charge in [0, 0.05) is 29.7 Å². The Bertz CT molecular complexity index is 482. The van der Waals surface area contributed by atoms with Crippen molar-refractivity contribution in [3.63, 3.8) is 0 Å². The Morgan fingerprint density at radius 1 is 1.27 bits per heavy atom. The molecule has 2 heterocycles. The molecule has 0 saturated carbocycles. The number of fused-ring (bicyclic) bond motifs is 1. The highest BCUT2D eigenvalue weighted by molar-refractivity contribution is 5.50. The Labute approximate surface area is 88.9 Å². The zero-order chi connectivity index (χ0) is 11.1. The highest BCUT2D eigenvalue weighted by Crippen LogP contribution is 2.25. The van der Waals surface area contributed by atoms with E-state index in [0.29, 0.717) is 5.88 Å². The summed E-state index contributed by atoms with van der Waals surface area (Å²) >= 11 is 0. The van der Waals surface area contributed by atoms with Crippen LogP contribution in [0.3, 0.4) is 0 Å². The highest BCUT2D eigenvalue weighted by Gasteiger charge is 2.19. The molecule has 0 atom stereocenters. The van der Waals surface area contributed by atoms with Crippen LogP contribution < -0.4 is 4.74 Å². The van der Waals surface area contributed by atoms with E-state index in [1.54, 1.807) is 13.3 Å². The average molecular weight is 205 g/mol. The van der Waals surface area contributed by atoms with Gasteiger partial charge in [-0.1, -0.05) is 20.8 Å². The van der Waals surface area contributed by atoms with Crippen LogP contribution in [0.15, 0.2) is 18.6 Å². The van der Waals surface area contributed by atoms with Gasteiger partial charge in [0.25, 0.3) is 5.88 Å². The SMILES string of the molecule is COc1nccn2c(C(C)(C)C)cnc12. The molecule has 15 heavy (non-hydrogen) atoms. The molecule has 0 aromatic carbocycles. The topological polar surface area (TPSA) is 39.4 Å². The minimum absolute atomic E-state index is 0.0613. The lowest BCUT2D eigenvalue weighted by Gasteiger charge is -2.17. The summed E-state index contributed by atoms with van der Waals surface area (Å²) in [5.41, 5.74) is 1.98. The van der Waals surface area contributed by atoms with Crippen molar-refractivity contribution in [3.05, 3.63) is 24.3 Å². The highest BCUT2D eigenvalue weighted by atomic mass is 16.5. The standard InChI is InChI=1S/C11H15N3O/c1-11(2,3)8-7-13-9-10(15-4)12-5-6-14(8)9/h5-7H,1-4H3. The third kappa shape index (κ3) is 1.56. The molecule has 80 valence electrons. The molecule has 2 rings (SSSR count). The maximum absolute atomic E-state index is 5.16. The van der Waals surface area contributed by atoms with Gasteiger partial charge >= 0.3 is 0 Å². The number of imidazole rings is 1. The van der Waals surface area contributed by atoms with Gasteiger partial charge in [0.05, 0.1) is 7.11 Å². The van der Waals surface area contributed by atoms with Gasteiger partial charge in [-0.05, 0) is 0 Å². The van der Waals surface area contributed by atoms with Crippen LogP contribution in [0.25, 0.3) is 5.65 Å². The summed E-state index contributed by atoms with van der Waals surface area (Å²) in [5.74, 6) is 0.563. The van der Waals surface area contributed by atoms with Crippen molar-refractivity contribution in [1.29, 1.82) is 0 Å². The van der Waals surface area contributed by atoms with E-state index in [2.05, 4.69) is 30.7 Å². The van der Waals surface area contributed by atoms with E-state index in [9.17, 15) is 0 Å². The fraction of sp³-hybridized carbons (Fsp3) is 0.455. The fourth-order valence-electron chi connectivity index (χ4n) is 1.59. The fourth-order valence-corrected chi connectivity index (χ4v) is 1.59. The van der Waals surface area contributed by atoms with Crippen LogP contribution in [0.4, 0.5) is 0 Å². The molecule has 0 saturated heterocycles. The van der Waals surface area contributed by atoms with E-state index in [0.717, 1.165) is 11.3 Å². The van der Waals surface area contributed by atoms with E-state index >= 15 is 0 Å². The first kappa shape index (κ1) is 9.96. The van der Waals surface area contributed by atoms with Crippen molar-refractivity contribution >= 4 is 5.65 Å². The predicted octanol–water partition coefficient (Wildman–Crippen LogP) is 2.04. The predicted molar refractivity (Wildman–Crippen MR) is 58.2 cm³/mol. The van der Waals surface area contributed by atoms with Crippen LogP contribution in [-0.2, 0) is 5.41 Å². The number of hydrogen-bond donors (Lipinski definition) is 0. The zero-order valence-corrected chi connectivity index (χ0v) is 9.48. The normalized spacial score (nSPS) is 12.0. The molecular formula is C11H15N3O. The van der Waals surface area contributed by atoms with Crippen LogP contribution in [0.5, 0.6) is 5.88 Å². The number of aromatic nitrogens is 3. The Morgan fingerprint density at radius 3 is 2.60 bits per heavy atom. The first-order chi connectivity index (χ1) is 7.04. The molecule has 0 aliphatic rings. The van der Waals surface area contributed by atoms with Crippen molar-refractivity contribution in [1.82, 2.24) is 14.4 Å². The van der Waals surface area contributed by atoms with Crippen molar-refractivity contribution in [2.24, 2.45) is 0 Å². The summed E-state index contributed by atoms with van der Waals surface area (Å²) in [5, 5.41) is 0. The number of nitrogens with zero attached hydrogens (tertiary/aromatic N) is 3. The summed E-state index contributed by atoms with van der Waals surface area (Å²) in [6.45, 7) is 6.47. The third-order valence-electron chi connectivity index (χ3n) is 2.36. The molecule has 0 amide bonds. The Hall–Kier alpha value is -1.58. The van der Waals surface area contributed by atoms with Crippen LogP contribution in [0.2, 0.25) is 0 Å². The number of rotatable bonds is 1. The Kier molecular flexibility index (Phi) is 2.14. The summed E-state index contributed by atoms with van der Waals surface area (Å²) in [4.78, 5) is 8.45. The maximum Gasteiger partial charge on any atom is 0.258 e. The van der Waals surface area contributed by atoms with Crippen LogP contribution in [-0.4, -0.2) is 21.5 Å². The Morgan fingerprint density at radius 2 is 2.00 bits per heavy atom. The van der Waals surface area contributed by atoms with E-state index in [1.807, 2.05) is 16.8 Å². The van der Waals surface area contributed by atoms with Crippen molar-refractivity contribution < 1.29 is 4.74 Å². The summed E-state index contributed by atoms with van der Waals surface area (Å²) in [6, 6.07) is 0. The molecule has 0 aliphatic heterocycles. The van der Waals surface area contributed by atoms with Gasteiger partial charge in [-0.25, -0.2) is 9.97 Å². The van der Waals surface area contributed by atoms with E-state index < -0.39 is 0 Å². The summed E-state index contributed by atoms with van der Waals surface area (Å²) in [7, 11) is 1.60. The number of methoxy groups -OCH3 is 1. The summed E-state index contributed by atoms with van der Waals surface area (Å²) in [6.07, 6.45) is 5.51. The smallest absolute Gasteiger partial charge is 0.258 e. The van der Waals surface area contributed by atoms with Crippen molar-refractivity contribution in [2.45, 2.75) is 26.2 Å². The van der Waals surface area contributed by atoms with Gasteiger partial charge in [0.15, 0.2) is 0 Å². The van der Waals surface area contributed by atoms with E-state index in [4.69, 9.17) is 4.74 Å². The van der Waals surface area contributed by atoms with Crippen LogP contribution in [0.1, 0.15) is 26.5 Å². The molecule has 0 N–H and O–H groups in total. The van der Waals surface area contributed by atoms with Gasteiger partial charge in [-0.3, -0.25) is 4.40 Å². The second-order valence-corrected chi connectivity index (χ2v) is 4.52. The second kappa shape index (κ2) is 3.22. The molecule has 0 spiro atoms. The monoisotopic (exact) mass is 205 g/mol. The molecule has 2 aromatic heterocycles. The minimum Gasteiger partial charge on any atom is -0.478 e. The summed E-state index contributed by atoms with van der Waals surface area (Å²) < 4.78 is 7.18. The molecule has 4 heteroatoms. The maximum atomic E-state index is 5.16. The number of ether oxygens (including phenoxy) is 1. The molecule has 0 aliphatic carbocycles. The minimum atomic E-state index is 0.0613. The third-order valence-corrected chi connectivity index (χ3v) is 2.36. The molecule has 0 unspecified atom stereocenters. The lowest BCUT2D eigenvalue weighted by molar-refractivity contribution is 0.399. The van der Waals surface area contributed by atoms with Gasteiger partial charge in [0.1, 0.15) is 0 Å². The zero-order valence-electron chi connectivity index (χ0n) is 9.48. The van der Waals surface area contributed by atoms with Gasteiger partial charge in [-0.15, -0.1) is 0 Å². The van der Waals surface area contributed by atoms with Gasteiger partial charge < -0.3 is 4.74 Å². The number of hydrogen-bond acceptors (Lipinski definition) is 3. The van der Waals surface area contributed by atoms with Crippen molar-refractivity contribution in [2.75, 3.05) is 7.11 Å². The van der Waals surface area contributed by atoms with Gasteiger partial charge in [-0.2, -0.15) is 0 Å². The molecule has 2 aromatic rings.